The van der Waals surface area contributed by atoms with Crippen LogP contribution in [0.4, 0.5) is 0 Å². The minimum absolute atomic E-state index is 0.211. The zero-order valence-electron chi connectivity index (χ0n) is 14.9. The standard InChI is InChI=1S/C21H21N5O/c27-20-13-26(12-19-17-5-3-8-23-21(17)25-24-19)11-15(20)10-14-7-9-22-18-6-2-1-4-16(14)18/h1-9,15,20,27H,10-13H2,(H,23,24,25)/t15-,20+/m1/s1. The normalized spacial score (nSPS) is 20.6. The van der Waals surface area contributed by atoms with Crippen LogP contribution in [-0.4, -0.2) is 49.4 Å². The Bertz CT molecular complexity index is 1090. The average molecular weight is 359 g/mol. The van der Waals surface area contributed by atoms with Crippen molar-refractivity contribution in [2.45, 2.75) is 19.1 Å². The second-order valence-corrected chi connectivity index (χ2v) is 7.29. The van der Waals surface area contributed by atoms with Crippen LogP contribution in [0.15, 0.2) is 54.9 Å². The maximum atomic E-state index is 10.6. The fourth-order valence-corrected chi connectivity index (χ4v) is 4.13. The van der Waals surface area contributed by atoms with E-state index in [1.807, 2.05) is 36.5 Å². The van der Waals surface area contributed by atoms with E-state index in [2.05, 4.69) is 37.2 Å². The summed E-state index contributed by atoms with van der Waals surface area (Å²) < 4.78 is 0. The monoisotopic (exact) mass is 359 g/mol. The van der Waals surface area contributed by atoms with Crippen molar-refractivity contribution in [3.8, 4) is 0 Å². The van der Waals surface area contributed by atoms with Crippen LogP contribution in [0.2, 0.25) is 0 Å². The molecule has 5 rings (SSSR count). The fraction of sp³-hybridized carbons (Fsp3) is 0.286. The van der Waals surface area contributed by atoms with Crippen LogP contribution in [0.25, 0.3) is 21.9 Å². The summed E-state index contributed by atoms with van der Waals surface area (Å²) in [6, 6.07) is 14.2. The Morgan fingerprint density at radius 3 is 2.85 bits per heavy atom. The van der Waals surface area contributed by atoms with Crippen LogP contribution in [-0.2, 0) is 13.0 Å². The molecule has 0 saturated carbocycles. The molecule has 3 aromatic heterocycles. The average Bonchev–Trinajstić information content (AvgIpc) is 3.26. The lowest BCUT2D eigenvalue weighted by atomic mass is 9.94. The van der Waals surface area contributed by atoms with Gasteiger partial charge in [-0.2, -0.15) is 5.10 Å². The molecule has 1 aliphatic rings. The Morgan fingerprint density at radius 2 is 1.89 bits per heavy atom. The Hall–Kier alpha value is -2.83. The molecule has 2 N–H and O–H groups in total. The number of hydrogen-bond donors (Lipinski definition) is 2. The second-order valence-electron chi connectivity index (χ2n) is 7.29. The Labute approximate surface area is 156 Å². The Balaban J connectivity index is 1.34. The number of β-amino-alcohol motifs (C(OH)–C–C–N with tert-alkyl or cyclic N) is 1. The van der Waals surface area contributed by atoms with Crippen molar-refractivity contribution in [1.82, 2.24) is 25.1 Å². The number of aliphatic hydroxyl groups excluding tert-OH is 1. The molecule has 4 heterocycles. The number of pyridine rings is 2. The highest BCUT2D eigenvalue weighted by atomic mass is 16.3. The number of aliphatic hydroxyl groups is 1. The molecule has 2 atom stereocenters. The number of para-hydroxylation sites is 1. The van der Waals surface area contributed by atoms with Gasteiger partial charge < -0.3 is 5.11 Å². The van der Waals surface area contributed by atoms with Crippen LogP contribution in [0, 0.1) is 5.92 Å². The van der Waals surface area contributed by atoms with Gasteiger partial charge in [0, 0.05) is 48.7 Å². The first kappa shape index (κ1) is 16.4. The number of hydrogen-bond acceptors (Lipinski definition) is 5. The summed E-state index contributed by atoms with van der Waals surface area (Å²) in [5.41, 5.74) is 4.06. The Kier molecular flexibility index (Phi) is 4.07. The lowest BCUT2D eigenvalue weighted by Crippen LogP contribution is -2.21. The maximum Gasteiger partial charge on any atom is 0.181 e. The minimum Gasteiger partial charge on any atom is -0.391 e. The van der Waals surface area contributed by atoms with Crippen molar-refractivity contribution < 1.29 is 5.11 Å². The van der Waals surface area contributed by atoms with Gasteiger partial charge in [-0.1, -0.05) is 18.2 Å². The molecule has 0 bridgehead atoms. The van der Waals surface area contributed by atoms with Gasteiger partial charge in [0.1, 0.15) is 0 Å². The molecule has 136 valence electrons. The molecule has 0 spiro atoms. The van der Waals surface area contributed by atoms with E-state index in [0.29, 0.717) is 6.54 Å². The summed E-state index contributed by atoms with van der Waals surface area (Å²) in [5.74, 6) is 0.211. The second kappa shape index (κ2) is 6.72. The third-order valence-corrected chi connectivity index (χ3v) is 5.49. The fourth-order valence-electron chi connectivity index (χ4n) is 4.13. The van der Waals surface area contributed by atoms with Crippen molar-refractivity contribution in [3.63, 3.8) is 0 Å². The molecule has 6 nitrogen and oxygen atoms in total. The van der Waals surface area contributed by atoms with Crippen molar-refractivity contribution in [2.24, 2.45) is 5.92 Å². The molecule has 0 aliphatic carbocycles. The predicted octanol–water partition coefficient (Wildman–Crippen LogP) is 2.54. The SMILES string of the molecule is O[C@H]1CN(Cc2[nH]nc3ncccc23)C[C@H]1Cc1ccnc2ccccc12. The summed E-state index contributed by atoms with van der Waals surface area (Å²) in [5, 5.41) is 20.2. The summed E-state index contributed by atoms with van der Waals surface area (Å²) in [6.45, 7) is 2.28. The highest BCUT2D eigenvalue weighted by Crippen LogP contribution is 2.27. The first-order chi connectivity index (χ1) is 13.3. The molecule has 27 heavy (non-hydrogen) atoms. The topological polar surface area (TPSA) is 77.9 Å². The number of benzene rings is 1. The van der Waals surface area contributed by atoms with Crippen LogP contribution < -0.4 is 0 Å². The van der Waals surface area contributed by atoms with Crippen LogP contribution >= 0.6 is 0 Å². The number of nitrogens with one attached hydrogen (secondary N) is 1. The minimum atomic E-state index is -0.329. The molecule has 1 aliphatic heterocycles. The lowest BCUT2D eigenvalue weighted by molar-refractivity contribution is 0.141. The van der Waals surface area contributed by atoms with Crippen molar-refractivity contribution in [1.29, 1.82) is 0 Å². The van der Waals surface area contributed by atoms with Crippen molar-refractivity contribution in [2.75, 3.05) is 13.1 Å². The molecule has 0 radical (unpaired) electrons. The van der Waals surface area contributed by atoms with Gasteiger partial charge in [0.05, 0.1) is 17.3 Å². The number of rotatable bonds is 4. The van der Waals surface area contributed by atoms with E-state index in [-0.39, 0.29) is 12.0 Å². The van der Waals surface area contributed by atoms with E-state index in [9.17, 15) is 5.11 Å². The third-order valence-electron chi connectivity index (χ3n) is 5.49. The van der Waals surface area contributed by atoms with Gasteiger partial charge in [0.25, 0.3) is 0 Å². The molecule has 0 amide bonds. The van der Waals surface area contributed by atoms with E-state index < -0.39 is 0 Å². The predicted molar refractivity (Wildman–Crippen MR) is 104 cm³/mol. The molecule has 1 aromatic carbocycles. The summed E-state index contributed by atoms with van der Waals surface area (Å²) >= 11 is 0. The number of likely N-dealkylation sites (tertiary alicyclic amines) is 1. The van der Waals surface area contributed by atoms with Gasteiger partial charge in [0.15, 0.2) is 5.65 Å². The van der Waals surface area contributed by atoms with Gasteiger partial charge in [0.2, 0.25) is 0 Å². The van der Waals surface area contributed by atoms with Gasteiger partial charge in [-0.3, -0.25) is 15.0 Å². The summed E-state index contributed by atoms with van der Waals surface area (Å²) in [7, 11) is 0. The van der Waals surface area contributed by atoms with Gasteiger partial charge in [-0.15, -0.1) is 0 Å². The lowest BCUT2D eigenvalue weighted by Gasteiger charge is -2.16. The van der Waals surface area contributed by atoms with Crippen LogP contribution in [0.1, 0.15) is 11.3 Å². The van der Waals surface area contributed by atoms with Gasteiger partial charge in [-0.05, 0) is 36.2 Å². The molecular formula is C21H21N5O. The zero-order chi connectivity index (χ0) is 18.2. The molecule has 0 unspecified atom stereocenters. The van der Waals surface area contributed by atoms with Crippen molar-refractivity contribution >= 4 is 21.9 Å². The highest BCUT2D eigenvalue weighted by molar-refractivity contribution is 5.81. The third kappa shape index (κ3) is 3.07. The van der Waals surface area contributed by atoms with E-state index in [4.69, 9.17) is 0 Å². The molecule has 4 aromatic rings. The van der Waals surface area contributed by atoms with Crippen LogP contribution in [0.3, 0.4) is 0 Å². The van der Waals surface area contributed by atoms with Crippen LogP contribution in [0.5, 0.6) is 0 Å². The number of aromatic amines is 1. The van der Waals surface area contributed by atoms with Crippen molar-refractivity contribution in [3.05, 3.63) is 66.1 Å². The van der Waals surface area contributed by atoms with Gasteiger partial charge in [-0.25, -0.2) is 4.98 Å². The van der Waals surface area contributed by atoms with E-state index in [1.54, 1.807) is 6.20 Å². The largest absolute Gasteiger partial charge is 0.391 e. The molecule has 6 heteroatoms. The van der Waals surface area contributed by atoms with E-state index in [1.165, 1.54) is 10.9 Å². The first-order valence-electron chi connectivity index (χ1n) is 9.29. The zero-order valence-corrected chi connectivity index (χ0v) is 14.9. The molecular weight excluding hydrogens is 338 g/mol. The maximum absolute atomic E-state index is 10.6. The first-order valence-corrected chi connectivity index (χ1v) is 9.29. The number of nitrogens with zero attached hydrogens (tertiary/aromatic N) is 4. The summed E-state index contributed by atoms with van der Waals surface area (Å²) in [6.07, 6.45) is 4.14. The highest BCUT2D eigenvalue weighted by Gasteiger charge is 2.32. The number of fused-ring (bicyclic) bond motifs is 2. The summed E-state index contributed by atoms with van der Waals surface area (Å²) in [4.78, 5) is 11.0. The van der Waals surface area contributed by atoms with Gasteiger partial charge >= 0.3 is 0 Å². The molecule has 1 fully saturated rings. The Morgan fingerprint density at radius 1 is 1.00 bits per heavy atom. The van der Waals surface area contributed by atoms with E-state index in [0.717, 1.165) is 41.8 Å². The number of aromatic nitrogens is 4. The smallest absolute Gasteiger partial charge is 0.181 e. The molecule has 1 saturated heterocycles. The quantitative estimate of drug-likeness (QED) is 0.585. The number of H-pyrrole nitrogens is 1. The van der Waals surface area contributed by atoms with E-state index >= 15 is 0 Å².